The predicted octanol–water partition coefficient (Wildman–Crippen LogP) is 1.58. The number of methoxy groups -OCH3 is 1. The van der Waals surface area contributed by atoms with Crippen molar-refractivity contribution in [3.63, 3.8) is 0 Å². The van der Waals surface area contributed by atoms with E-state index in [9.17, 15) is 0 Å². The summed E-state index contributed by atoms with van der Waals surface area (Å²) in [5.74, 6) is 1.27. The number of hydrogen-bond donors (Lipinski definition) is 1. The second-order valence-corrected chi connectivity index (χ2v) is 6.19. The van der Waals surface area contributed by atoms with Crippen molar-refractivity contribution in [3.8, 4) is 0 Å². The SMILES string of the molecule is COCCOCCc1noc(CC(N)CC(C)(C)C)n1. The lowest BCUT2D eigenvalue weighted by Crippen LogP contribution is -2.28. The monoisotopic (exact) mass is 285 g/mol. The quantitative estimate of drug-likeness (QED) is 0.694. The van der Waals surface area contributed by atoms with Gasteiger partial charge < -0.3 is 19.7 Å². The lowest BCUT2D eigenvalue weighted by Gasteiger charge is -2.21. The summed E-state index contributed by atoms with van der Waals surface area (Å²) in [6.45, 7) is 8.25. The Morgan fingerprint density at radius 3 is 2.65 bits per heavy atom. The van der Waals surface area contributed by atoms with Crippen molar-refractivity contribution in [1.82, 2.24) is 10.1 Å². The van der Waals surface area contributed by atoms with Gasteiger partial charge in [0.1, 0.15) is 0 Å². The van der Waals surface area contributed by atoms with E-state index in [1.165, 1.54) is 0 Å². The van der Waals surface area contributed by atoms with Crippen LogP contribution in [0.4, 0.5) is 0 Å². The van der Waals surface area contributed by atoms with Crippen molar-refractivity contribution in [2.24, 2.45) is 11.1 Å². The Kier molecular flexibility index (Phi) is 7.12. The predicted molar refractivity (Wildman–Crippen MR) is 76.4 cm³/mol. The molecule has 0 amide bonds. The first-order chi connectivity index (χ1) is 9.40. The van der Waals surface area contributed by atoms with Crippen LogP contribution in [0, 0.1) is 5.41 Å². The summed E-state index contributed by atoms with van der Waals surface area (Å²) in [6.07, 6.45) is 2.18. The van der Waals surface area contributed by atoms with Crippen LogP contribution >= 0.6 is 0 Å². The first-order valence-electron chi connectivity index (χ1n) is 7.04. The molecule has 1 aromatic rings. The van der Waals surface area contributed by atoms with E-state index < -0.39 is 0 Å². The minimum absolute atomic E-state index is 0.0428. The molecule has 1 rings (SSSR count). The fraction of sp³-hybridized carbons (Fsp3) is 0.857. The van der Waals surface area contributed by atoms with Crippen molar-refractivity contribution in [2.75, 3.05) is 26.9 Å². The zero-order valence-corrected chi connectivity index (χ0v) is 13.0. The first kappa shape index (κ1) is 17.1. The molecule has 1 heterocycles. The van der Waals surface area contributed by atoms with Gasteiger partial charge in [-0.05, 0) is 11.8 Å². The molecule has 1 aromatic heterocycles. The third kappa shape index (κ3) is 7.57. The second-order valence-electron chi connectivity index (χ2n) is 6.19. The summed E-state index contributed by atoms with van der Waals surface area (Å²) in [5.41, 5.74) is 6.30. The maximum Gasteiger partial charge on any atom is 0.228 e. The molecule has 0 bridgehead atoms. The molecule has 2 N–H and O–H groups in total. The van der Waals surface area contributed by atoms with Crippen LogP contribution in [0.15, 0.2) is 4.52 Å². The van der Waals surface area contributed by atoms with Gasteiger partial charge in [-0.3, -0.25) is 0 Å². The standard InChI is InChI=1S/C14H27N3O3/c1-14(2,3)10-11(15)9-13-16-12(17-20-13)5-6-19-8-7-18-4/h11H,5-10,15H2,1-4H3. The van der Waals surface area contributed by atoms with E-state index in [0.29, 0.717) is 44.4 Å². The fourth-order valence-electron chi connectivity index (χ4n) is 1.97. The van der Waals surface area contributed by atoms with Gasteiger partial charge in [0.05, 0.1) is 19.8 Å². The van der Waals surface area contributed by atoms with E-state index in [1.54, 1.807) is 7.11 Å². The summed E-state index contributed by atoms with van der Waals surface area (Å²) in [5, 5.41) is 3.93. The van der Waals surface area contributed by atoms with E-state index in [4.69, 9.17) is 19.7 Å². The molecule has 0 aliphatic heterocycles. The van der Waals surface area contributed by atoms with Gasteiger partial charge in [0.2, 0.25) is 5.89 Å². The third-order valence-electron chi connectivity index (χ3n) is 2.72. The van der Waals surface area contributed by atoms with Gasteiger partial charge in [0.25, 0.3) is 0 Å². The lowest BCUT2D eigenvalue weighted by molar-refractivity contribution is 0.0714. The second kappa shape index (κ2) is 8.34. The minimum Gasteiger partial charge on any atom is -0.382 e. The zero-order chi connectivity index (χ0) is 15.0. The highest BCUT2D eigenvalue weighted by Gasteiger charge is 2.18. The Bertz CT molecular complexity index is 374. The molecule has 0 aromatic carbocycles. The average molecular weight is 285 g/mol. The number of hydrogen-bond acceptors (Lipinski definition) is 6. The maximum atomic E-state index is 6.09. The molecule has 0 aliphatic carbocycles. The number of aromatic nitrogens is 2. The molecule has 0 saturated heterocycles. The topological polar surface area (TPSA) is 83.4 Å². The highest BCUT2D eigenvalue weighted by Crippen LogP contribution is 2.21. The smallest absolute Gasteiger partial charge is 0.228 e. The van der Waals surface area contributed by atoms with Crippen LogP contribution in [0.1, 0.15) is 38.9 Å². The molecule has 20 heavy (non-hydrogen) atoms. The molecule has 1 unspecified atom stereocenters. The molecule has 0 aliphatic rings. The molecule has 0 radical (unpaired) electrons. The van der Waals surface area contributed by atoms with Crippen LogP contribution in [-0.2, 0) is 22.3 Å². The molecule has 6 nitrogen and oxygen atoms in total. The van der Waals surface area contributed by atoms with E-state index in [2.05, 4.69) is 30.9 Å². The number of ether oxygens (including phenoxy) is 2. The Morgan fingerprint density at radius 1 is 1.25 bits per heavy atom. The van der Waals surface area contributed by atoms with Crippen molar-refractivity contribution in [2.45, 2.75) is 46.1 Å². The summed E-state index contributed by atoms with van der Waals surface area (Å²) >= 11 is 0. The Morgan fingerprint density at radius 2 is 2.00 bits per heavy atom. The molecule has 1 atom stereocenters. The Balaban J connectivity index is 2.28. The Hall–Kier alpha value is -0.980. The number of nitrogens with two attached hydrogens (primary N) is 1. The van der Waals surface area contributed by atoms with Gasteiger partial charge in [0, 0.05) is 26.0 Å². The maximum absolute atomic E-state index is 6.09. The number of rotatable bonds is 9. The summed E-state index contributed by atoms with van der Waals surface area (Å²) < 4.78 is 15.5. The highest BCUT2D eigenvalue weighted by atomic mass is 16.5. The summed E-state index contributed by atoms with van der Waals surface area (Å²) in [4.78, 5) is 4.33. The van der Waals surface area contributed by atoms with Crippen LogP contribution in [0.3, 0.4) is 0 Å². The van der Waals surface area contributed by atoms with E-state index >= 15 is 0 Å². The van der Waals surface area contributed by atoms with Crippen LogP contribution in [0.5, 0.6) is 0 Å². The fourth-order valence-corrected chi connectivity index (χ4v) is 1.97. The molecule has 0 fully saturated rings. The average Bonchev–Trinajstić information content (AvgIpc) is 2.74. The molecule has 0 saturated carbocycles. The summed E-state index contributed by atoms with van der Waals surface area (Å²) in [6, 6.07) is 0.0428. The first-order valence-corrected chi connectivity index (χ1v) is 7.04. The van der Waals surface area contributed by atoms with Crippen LogP contribution in [0.2, 0.25) is 0 Å². The van der Waals surface area contributed by atoms with E-state index in [1.807, 2.05) is 0 Å². The lowest BCUT2D eigenvalue weighted by atomic mass is 9.87. The van der Waals surface area contributed by atoms with Crippen molar-refractivity contribution in [1.29, 1.82) is 0 Å². The third-order valence-corrected chi connectivity index (χ3v) is 2.72. The van der Waals surface area contributed by atoms with Gasteiger partial charge in [-0.25, -0.2) is 0 Å². The molecular weight excluding hydrogens is 258 g/mol. The molecule has 6 heteroatoms. The van der Waals surface area contributed by atoms with Crippen LogP contribution < -0.4 is 5.73 Å². The van der Waals surface area contributed by atoms with Gasteiger partial charge in [0.15, 0.2) is 5.82 Å². The van der Waals surface area contributed by atoms with Crippen molar-refractivity contribution in [3.05, 3.63) is 11.7 Å². The molecule has 0 spiro atoms. The highest BCUT2D eigenvalue weighted by molar-refractivity contribution is 4.90. The van der Waals surface area contributed by atoms with Crippen molar-refractivity contribution >= 4 is 0 Å². The summed E-state index contributed by atoms with van der Waals surface area (Å²) in [7, 11) is 1.65. The number of nitrogens with zero attached hydrogens (tertiary/aromatic N) is 2. The van der Waals surface area contributed by atoms with Gasteiger partial charge in [-0.1, -0.05) is 25.9 Å². The van der Waals surface area contributed by atoms with Gasteiger partial charge in [-0.15, -0.1) is 0 Å². The molecule has 116 valence electrons. The largest absolute Gasteiger partial charge is 0.382 e. The van der Waals surface area contributed by atoms with Crippen LogP contribution in [-0.4, -0.2) is 43.1 Å². The van der Waals surface area contributed by atoms with Gasteiger partial charge >= 0.3 is 0 Å². The molecular formula is C14H27N3O3. The van der Waals surface area contributed by atoms with Gasteiger partial charge in [-0.2, -0.15) is 4.98 Å². The zero-order valence-electron chi connectivity index (χ0n) is 13.0. The van der Waals surface area contributed by atoms with E-state index in [0.717, 1.165) is 6.42 Å². The van der Waals surface area contributed by atoms with Crippen LogP contribution in [0.25, 0.3) is 0 Å². The van der Waals surface area contributed by atoms with E-state index in [-0.39, 0.29) is 11.5 Å². The normalized spacial score (nSPS) is 13.7. The van der Waals surface area contributed by atoms with Crippen molar-refractivity contribution < 1.29 is 14.0 Å². The minimum atomic E-state index is 0.0428. The Labute approximate surface area is 121 Å².